The fourth-order valence-electron chi connectivity index (χ4n) is 2.28. The zero-order valence-electron chi connectivity index (χ0n) is 12.7. The molecule has 24 heavy (non-hydrogen) atoms. The summed E-state index contributed by atoms with van der Waals surface area (Å²) in [6, 6.07) is 14.0. The number of rotatable bonds is 6. The van der Waals surface area contributed by atoms with Gasteiger partial charge in [0.25, 0.3) is 5.69 Å². The number of nitro groups is 1. The van der Waals surface area contributed by atoms with Crippen molar-refractivity contribution in [3.05, 3.63) is 69.2 Å². The Hall–Kier alpha value is -2.80. The summed E-state index contributed by atoms with van der Waals surface area (Å²) >= 11 is 1.55. The minimum absolute atomic E-state index is 0.0449. The second-order valence-electron chi connectivity index (χ2n) is 5.12. The Kier molecular flexibility index (Phi) is 4.81. The molecule has 1 heterocycles. The van der Waals surface area contributed by atoms with Crippen LogP contribution in [0.5, 0.6) is 0 Å². The van der Waals surface area contributed by atoms with Gasteiger partial charge in [0.15, 0.2) is 0 Å². The molecule has 0 spiro atoms. The molecule has 0 N–H and O–H groups in total. The van der Waals surface area contributed by atoms with Crippen LogP contribution >= 0.6 is 11.3 Å². The smallest absolute Gasteiger partial charge is 0.306 e. The van der Waals surface area contributed by atoms with Crippen molar-refractivity contribution in [2.45, 2.75) is 19.4 Å². The fraction of sp³-hybridized carbons (Fsp3) is 0.176. The second kappa shape index (κ2) is 7.18. The number of aryl methyl sites for hydroxylation is 1. The molecule has 6 nitrogen and oxygen atoms in total. The second-order valence-corrected chi connectivity index (χ2v) is 6.24. The molecule has 1 aromatic heterocycles. The molecule has 2 aromatic carbocycles. The zero-order valence-corrected chi connectivity index (χ0v) is 13.5. The van der Waals surface area contributed by atoms with Crippen LogP contribution in [0.3, 0.4) is 0 Å². The van der Waals surface area contributed by atoms with E-state index in [9.17, 15) is 14.9 Å². The van der Waals surface area contributed by atoms with Crippen LogP contribution in [0.15, 0.2) is 48.5 Å². The maximum atomic E-state index is 11.9. The van der Waals surface area contributed by atoms with E-state index >= 15 is 0 Å². The van der Waals surface area contributed by atoms with Gasteiger partial charge in [-0.1, -0.05) is 24.3 Å². The van der Waals surface area contributed by atoms with Crippen LogP contribution < -0.4 is 0 Å². The normalized spacial score (nSPS) is 10.7. The highest BCUT2D eigenvalue weighted by molar-refractivity contribution is 7.18. The van der Waals surface area contributed by atoms with Gasteiger partial charge in [0.2, 0.25) is 0 Å². The molecule has 0 aliphatic rings. The van der Waals surface area contributed by atoms with Crippen molar-refractivity contribution >= 4 is 33.2 Å². The van der Waals surface area contributed by atoms with Crippen molar-refractivity contribution in [3.63, 3.8) is 0 Å². The van der Waals surface area contributed by atoms with E-state index in [1.54, 1.807) is 29.5 Å². The van der Waals surface area contributed by atoms with Gasteiger partial charge < -0.3 is 4.74 Å². The minimum atomic E-state index is -0.482. The Balaban J connectivity index is 1.55. The SMILES string of the molecule is O=C(CCc1nc2ccccc2s1)OCc1ccccc1[N+](=O)[O-]. The number of para-hydroxylation sites is 2. The maximum absolute atomic E-state index is 11.9. The lowest BCUT2D eigenvalue weighted by molar-refractivity contribution is -0.385. The molecule has 0 atom stereocenters. The summed E-state index contributed by atoms with van der Waals surface area (Å²) in [5.74, 6) is -0.396. The summed E-state index contributed by atoms with van der Waals surface area (Å²) in [5.41, 5.74) is 1.26. The van der Waals surface area contributed by atoms with Crippen molar-refractivity contribution in [1.29, 1.82) is 0 Å². The number of thiazole rings is 1. The van der Waals surface area contributed by atoms with E-state index in [0.717, 1.165) is 15.2 Å². The number of carbonyl (C=O) groups excluding carboxylic acids is 1. The van der Waals surface area contributed by atoms with E-state index in [1.807, 2.05) is 24.3 Å². The highest BCUT2D eigenvalue weighted by atomic mass is 32.1. The predicted molar refractivity (Wildman–Crippen MR) is 90.8 cm³/mol. The molecule has 3 rings (SSSR count). The van der Waals surface area contributed by atoms with Crippen LogP contribution in [0.1, 0.15) is 17.0 Å². The highest BCUT2D eigenvalue weighted by Gasteiger charge is 2.14. The van der Waals surface area contributed by atoms with Gasteiger partial charge in [-0.25, -0.2) is 4.98 Å². The number of carbonyl (C=O) groups is 1. The first kappa shape index (κ1) is 16.1. The number of hydrogen-bond acceptors (Lipinski definition) is 6. The van der Waals surface area contributed by atoms with E-state index in [2.05, 4.69) is 4.98 Å². The van der Waals surface area contributed by atoms with Crippen LogP contribution in [0, 0.1) is 10.1 Å². The van der Waals surface area contributed by atoms with Crippen molar-refractivity contribution in [3.8, 4) is 0 Å². The highest BCUT2D eigenvalue weighted by Crippen LogP contribution is 2.23. The molecule has 122 valence electrons. The Labute approximate surface area is 141 Å². The van der Waals surface area contributed by atoms with Gasteiger partial charge in [0, 0.05) is 12.5 Å². The van der Waals surface area contributed by atoms with Crippen LogP contribution in [0.2, 0.25) is 0 Å². The standard InChI is InChI=1S/C17H14N2O4S/c20-17(23-11-12-5-1-3-7-14(12)19(21)22)10-9-16-18-13-6-2-4-8-15(13)24-16/h1-8H,9-11H2. The van der Waals surface area contributed by atoms with Crippen molar-refractivity contribution < 1.29 is 14.5 Å². The number of fused-ring (bicyclic) bond motifs is 1. The number of nitro benzene ring substituents is 1. The van der Waals surface area contributed by atoms with Crippen LogP contribution in [-0.2, 0) is 22.6 Å². The molecular formula is C17H14N2O4S. The quantitative estimate of drug-likeness (QED) is 0.386. The third-order valence-electron chi connectivity index (χ3n) is 3.46. The number of benzene rings is 2. The van der Waals surface area contributed by atoms with Gasteiger partial charge in [0.1, 0.15) is 6.61 Å². The number of esters is 1. The average molecular weight is 342 g/mol. The third-order valence-corrected chi connectivity index (χ3v) is 4.55. The molecule has 0 fully saturated rings. The first-order chi connectivity index (χ1) is 11.6. The number of nitrogens with zero attached hydrogens (tertiary/aromatic N) is 2. The van der Waals surface area contributed by atoms with Crippen molar-refractivity contribution in [2.75, 3.05) is 0 Å². The lowest BCUT2D eigenvalue weighted by Gasteiger charge is -2.05. The summed E-state index contributed by atoms with van der Waals surface area (Å²) in [7, 11) is 0. The maximum Gasteiger partial charge on any atom is 0.306 e. The summed E-state index contributed by atoms with van der Waals surface area (Å²) < 4.78 is 6.23. The van der Waals surface area contributed by atoms with Gasteiger partial charge >= 0.3 is 5.97 Å². The first-order valence-corrected chi connectivity index (χ1v) is 8.17. The Bertz CT molecular complexity index is 858. The minimum Gasteiger partial charge on any atom is -0.461 e. The van der Waals surface area contributed by atoms with Gasteiger partial charge in [-0.05, 0) is 18.2 Å². The van der Waals surface area contributed by atoms with Crippen molar-refractivity contribution in [1.82, 2.24) is 4.98 Å². The molecule has 0 saturated heterocycles. The molecule has 0 unspecified atom stereocenters. The Morgan fingerprint density at radius 2 is 1.92 bits per heavy atom. The topological polar surface area (TPSA) is 82.3 Å². The molecule has 0 saturated carbocycles. The van der Waals surface area contributed by atoms with E-state index in [1.165, 1.54) is 6.07 Å². The van der Waals surface area contributed by atoms with E-state index in [-0.39, 0.29) is 18.7 Å². The molecule has 0 radical (unpaired) electrons. The summed E-state index contributed by atoms with van der Waals surface area (Å²) in [5, 5.41) is 11.8. The zero-order chi connectivity index (χ0) is 16.9. The molecular weight excluding hydrogens is 328 g/mol. The third kappa shape index (κ3) is 3.75. The van der Waals surface area contributed by atoms with Crippen LogP contribution in [-0.4, -0.2) is 15.9 Å². The van der Waals surface area contributed by atoms with Gasteiger partial charge in [0.05, 0.1) is 32.1 Å². The summed E-state index contributed by atoms with van der Waals surface area (Å²) in [6.07, 6.45) is 0.690. The monoisotopic (exact) mass is 342 g/mol. The van der Waals surface area contributed by atoms with Gasteiger partial charge in [-0.3, -0.25) is 14.9 Å². The van der Waals surface area contributed by atoms with Gasteiger partial charge in [-0.2, -0.15) is 0 Å². The number of aromatic nitrogens is 1. The van der Waals surface area contributed by atoms with E-state index < -0.39 is 10.9 Å². The number of hydrogen-bond donors (Lipinski definition) is 0. The first-order valence-electron chi connectivity index (χ1n) is 7.36. The lowest BCUT2D eigenvalue weighted by Crippen LogP contribution is -2.07. The van der Waals surface area contributed by atoms with E-state index in [4.69, 9.17) is 4.74 Å². The molecule has 0 bridgehead atoms. The Morgan fingerprint density at radius 1 is 1.17 bits per heavy atom. The molecule has 0 aliphatic carbocycles. The van der Waals surface area contributed by atoms with Gasteiger partial charge in [-0.15, -0.1) is 11.3 Å². The molecule has 0 aliphatic heterocycles. The average Bonchev–Trinajstić information content (AvgIpc) is 3.01. The largest absolute Gasteiger partial charge is 0.461 e. The fourth-order valence-corrected chi connectivity index (χ4v) is 3.24. The lowest BCUT2D eigenvalue weighted by atomic mass is 10.2. The summed E-state index contributed by atoms with van der Waals surface area (Å²) in [6.45, 7) is -0.101. The van der Waals surface area contributed by atoms with Crippen LogP contribution in [0.25, 0.3) is 10.2 Å². The van der Waals surface area contributed by atoms with Crippen LogP contribution in [0.4, 0.5) is 5.69 Å². The molecule has 0 amide bonds. The Morgan fingerprint density at radius 3 is 2.71 bits per heavy atom. The molecule has 3 aromatic rings. The predicted octanol–water partition coefficient (Wildman–Crippen LogP) is 3.88. The van der Waals surface area contributed by atoms with Crippen molar-refractivity contribution in [2.24, 2.45) is 0 Å². The molecule has 7 heteroatoms. The van der Waals surface area contributed by atoms with E-state index in [0.29, 0.717) is 12.0 Å². The number of ether oxygens (including phenoxy) is 1. The summed E-state index contributed by atoms with van der Waals surface area (Å²) in [4.78, 5) is 26.8.